The first-order valence-corrected chi connectivity index (χ1v) is 7.78. The molecule has 1 rings (SSSR count). The molecule has 0 aliphatic rings. The van der Waals surface area contributed by atoms with E-state index in [1.807, 2.05) is 13.0 Å². The number of benzene rings is 1. The number of ether oxygens (including phenoxy) is 1. The second kappa shape index (κ2) is 10.0. The Bertz CT molecular complexity index is 464. The third kappa shape index (κ3) is 7.54. The van der Waals surface area contributed by atoms with Gasteiger partial charge in [0, 0.05) is 6.08 Å². The van der Waals surface area contributed by atoms with Gasteiger partial charge in [0.2, 0.25) is 0 Å². The van der Waals surface area contributed by atoms with Crippen molar-refractivity contribution in [1.29, 1.82) is 0 Å². The summed E-state index contributed by atoms with van der Waals surface area (Å²) < 4.78 is 5.15. The molecule has 3 nitrogen and oxygen atoms in total. The van der Waals surface area contributed by atoms with E-state index in [1.165, 1.54) is 31.8 Å². The van der Waals surface area contributed by atoms with Crippen molar-refractivity contribution >= 4 is 12.0 Å². The van der Waals surface area contributed by atoms with Crippen LogP contribution in [0.25, 0.3) is 6.08 Å². The van der Waals surface area contributed by atoms with Crippen LogP contribution < -0.4 is 0 Å². The molecular formula is C18H26O3. The highest BCUT2D eigenvalue weighted by atomic mass is 16.5. The highest BCUT2D eigenvalue weighted by Crippen LogP contribution is 2.17. The molecule has 1 aromatic carbocycles. The number of aromatic hydroxyl groups is 1. The van der Waals surface area contributed by atoms with Gasteiger partial charge in [-0.1, -0.05) is 45.1 Å². The van der Waals surface area contributed by atoms with E-state index in [4.69, 9.17) is 4.74 Å². The lowest BCUT2D eigenvalue weighted by atomic mass is 10.1. The Labute approximate surface area is 127 Å². The summed E-state index contributed by atoms with van der Waals surface area (Å²) in [6.45, 7) is 4.51. The van der Waals surface area contributed by atoms with Crippen LogP contribution in [-0.4, -0.2) is 17.7 Å². The normalized spacial score (nSPS) is 11.0. The number of rotatable bonds is 9. The van der Waals surface area contributed by atoms with Gasteiger partial charge in [0.1, 0.15) is 5.75 Å². The van der Waals surface area contributed by atoms with Crippen molar-refractivity contribution in [2.75, 3.05) is 6.61 Å². The number of carbonyl (C=O) groups is 1. The number of unbranched alkanes of at least 4 members (excludes halogenated alkanes) is 5. The molecule has 0 heterocycles. The predicted molar refractivity (Wildman–Crippen MR) is 86.2 cm³/mol. The van der Waals surface area contributed by atoms with Crippen molar-refractivity contribution in [2.45, 2.75) is 52.4 Å². The Morgan fingerprint density at radius 2 is 1.90 bits per heavy atom. The van der Waals surface area contributed by atoms with E-state index in [0.717, 1.165) is 24.0 Å². The number of phenolic OH excluding ortho intramolecular Hbond substituents is 1. The summed E-state index contributed by atoms with van der Waals surface area (Å²) in [7, 11) is 0. The molecule has 0 radical (unpaired) electrons. The maximum absolute atomic E-state index is 11.5. The van der Waals surface area contributed by atoms with Crippen molar-refractivity contribution in [2.24, 2.45) is 0 Å². The molecule has 1 aromatic rings. The van der Waals surface area contributed by atoms with Gasteiger partial charge in [0.05, 0.1) is 6.61 Å². The van der Waals surface area contributed by atoms with Crippen LogP contribution in [0.3, 0.4) is 0 Å². The molecule has 0 aromatic heterocycles. The molecule has 1 N–H and O–H groups in total. The van der Waals surface area contributed by atoms with Crippen LogP contribution in [-0.2, 0) is 9.53 Å². The molecular weight excluding hydrogens is 264 g/mol. The molecule has 0 saturated heterocycles. The Kier molecular flexibility index (Phi) is 8.25. The SMILES string of the molecule is CCCCCCCCOC(=O)/C=C/c1ccc(O)c(C)c1. The minimum atomic E-state index is -0.311. The van der Waals surface area contributed by atoms with Crippen LogP contribution in [0, 0.1) is 6.92 Å². The van der Waals surface area contributed by atoms with Gasteiger partial charge in [-0.25, -0.2) is 4.79 Å². The topological polar surface area (TPSA) is 46.5 Å². The van der Waals surface area contributed by atoms with Crippen LogP contribution in [0.5, 0.6) is 5.75 Å². The average molecular weight is 290 g/mol. The van der Waals surface area contributed by atoms with E-state index in [9.17, 15) is 9.90 Å². The fraction of sp³-hybridized carbons (Fsp3) is 0.500. The van der Waals surface area contributed by atoms with E-state index in [2.05, 4.69) is 6.92 Å². The quantitative estimate of drug-likeness (QED) is 0.410. The van der Waals surface area contributed by atoms with Gasteiger partial charge >= 0.3 is 5.97 Å². The second-order valence-electron chi connectivity index (χ2n) is 5.31. The van der Waals surface area contributed by atoms with E-state index >= 15 is 0 Å². The predicted octanol–water partition coefficient (Wildman–Crippen LogP) is 4.62. The van der Waals surface area contributed by atoms with Gasteiger partial charge in [0.25, 0.3) is 0 Å². The molecule has 0 aliphatic carbocycles. The fourth-order valence-electron chi connectivity index (χ4n) is 2.05. The van der Waals surface area contributed by atoms with Gasteiger partial charge in [-0.05, 0) is 42.7 Å². The third-order valence-corrected chi connectivity index (χ3v) is 3.37. The summed E-state index contributed by atoms with van der Waals surface area (Å²) in [5.41, 5.74) is 1.67. The Morgan fingerprint density at radius 1 is 1.19 bits per heavy atom. The Balaban J connectivity index is 2.21. The first-order chi connectivity index (χ1) is 10.1. The van der Waals surface area contributed by atoms with Gasteiger partial charge in [0.15, 0.2) is 0 Å². The largest absolute Gasteiger partial charge is 0.508 e. The smallest absolute Gasteiger partial charge is 0.330 e. The number of carbonyl (C=O) groups excluding carboxylic acids is 1. The van der Waals surface area contributed by atoms with E-state index < -0.39 is 0 Å². The molecule has 0 saturated carbocycles. The van der Waals surface area contributed by atoms with Gasteiger partial charge in [-0.3, -0.25) is 0 Å². The number of aryl methyl sites for hydroxylation is 1. The van der Waals surface area contributed by atoms with Crippen molar-refractivity contribution in [3.05, 3.63) is 35.4 Å². The molecule has 116 valence electrons. The summed E-state index contributed by atoms with van der Waals surface area (Å²) in [6, 6.07) is 5.21. The maximum atomic E-state index is 11.5. The Hall–Kier alpha value is -1.77. The van der Waals surface area contributed by atoms with E-state index in [1.54, 1.807) is 18.2 Å². The molecule has 0 unspecified atom stereocenters. The van der Waals surface area contributed by atoms with Crippen LogP contribution in [0.15, 0.2) is 24.3 Å². The zero-order valence-electron chi connectivity index (χ0n) is 13.1. The molecule has 21 heavy (non-hydrogen) atoms. The Morgan fingerprint density at radius 3 is 2.62 bits per heavy atom. The fourth-order valence-corrected chi connectivity index (χ4v) is 2.05. The lowest BCUT2D eigenvalue weighted by molar-refractivity contribution is -0.137. The summed E-state index contributed by atoms with van der Waals surface area (Å²) >= 11 is 0. The zero-order valence-corrected chi connectivity index (χ0v) is 13.1. The minimum Gasteiger partial charge on any atom is -0.508 e. The molecule has 0 spiro atoms. The maximum Gasteiger partial charge on any atom is 0.330 e. The minimum absolute atomic E-state index is 0.262. The van der Waals surface area contributed by atoms with E-state index in [-0.39, 0.29) is 11.7 Å². The van der Waals surface area contributed by atoms with Crippen LogP contribution >= 0.6 is 0 Å². The van der Waals surface area contributed by atoms with Crippen molar-refractivity contribution in [3.8, 4) is 5.75 Å². The highest BCUT2D eigenvalue weighted by Gasteiger charge is 1.99. The monoisotopic (exact) mass is 290 g/mol. The van der Waals surface area contributed by atoms with Crippen LogP contribution in [0.4, 0.5) is 0 Å². The molecule has 0 amide bonds. The van der Waals surface area contributed by atoms with Crippen molar-refractivity contribution in [3.63, 3.8) is 0 Å². The van der Waals surface area contributed by atoms with Gasteiger partial charge < -0.3 is 9.84 Å². The number of hydrogen-bond acceptors (Lipinski definition) is 3. The van der Waals surface area contributed by atoms with Crippen molar-refractivity contribution in [1.82, 2.24) is 0 Å². The first-order valence-electron chi connectivity index (χ1n) is 7.78. The summed E-state index contributed by atoms with van der Waals surface area (Å²) in [5, 5.41) is 9.43. The lowest BCUT2D eigenvalue weighted by Gasteiger charge is -2.02. The lowest BCUT2D eigenvalue weighted by Crippen LogP contribution is -2.02. The van der Waals surface area contributed by atoms with Gasteiger partial charge in [-0.15, -0.1) is 0 Å². The molecule has 0 atom stereocenters. The number of hydrogen-bond donors (Lipinski definition) is 1. The molecule has 3 heteroatoms. The standard InChI is InChI=1S/C18H26O3/c1-3-4-5-6-7-8-13-21-18(20)12-10-16-9-11-17(19)15(2)14-16/h9-12,14,19H,3-8,13H2,1-2H3/b12-10+. The first kappa shape index (κ1) is 17.3. The molecule has 0 fully saturated rings. The molecule has 0 bridgehead atoms. The average Bonchev–Trinajstić information content (AvgIpc) is 2.47. The van der Waals surface area contributed by atoms with Gasteiger partial charge in [-0.2, -0.15) is 0 Å². The van der Waals surface area contributed by atoms with Crippen LogP contribution in [0.2, 0.25) is 0 Å². The summed E-state index contributed by atoms with van der Waals surface area (Å²) in [5.74, 6) is -0.0490. The van der Waals surface area contributed by atoms with Crippen molar-refractivity contribution < 1.29 is 14.6 Å². The summed E-state index contributed by atoms with van der Waals surface area (Å²) in [6.07, 6.45) is 10.2. The van der Waals surface area contributed by atoms with E-state index in [0.29, 0.717) is 6.61 Å². The number of esters is 1. The zero-order chi connectivity index (χ0) is 15.5. The summed E-state index contributed by atoms with van der Waals surface area (Å²) in [4.78, 5) is 11.5. The van der Waals surface area contributed by atoms with Crippen LogP contribution in [0.1, 0.15) is 56.6 Å². The third-order valence-electron chi connectivity index (χ3n) is 3.37. The second-order valence-corrected chi connectivity index (χ2v) is 5.31. The molecule has 0 aliphatic heterocycles. The highest BCUT2D eigenvalue weighted by molar-refractivity contribution is 5.87. The number of phenols is 1.